The van der Waals surface area contributed by atoms with Crippen LogP contribution in [-0.4, -0.2) is 65.7 Å². The van der Waals surface area contributed by atoms with Gasteiger partial charge in [0.15, 0.2) is 0 Å². The molecule has 8 heteroatoms. The molecule has 7 nitrogen and oxygen atoms in total. The summed E-state index contributed by atoms with van der Waals surface area (Å²) in [7, 11) is 3.30. The molecule has 0 aliphatic carbocycles. The largest absolute Gasteiger partial charge is 0.497 e. The summed E-state index contributed by atoms with van der Waals surface area (Å²) in [4.78, 5) is 19.9. The second kappa shape index (κ2) is 13.1. The molecule has 0 amide bonds. The highest BCUT2D eigenvalue weighted by molar-refractivity contribution is 7.99. The van der Waals surface area contributed by atoms with E-state index in [-0.39, 0.29) is 5.92 Å². The number of aliphatic hydroxyl groups is 1. The van der Waals surface area contributed by atoms with Crippen molar-refractivity contribution in [2.24, 2.45) is 11.8 Å². The number of aliphatic carboxylic acids is 1. The molecule has 3 atom stereocenters. The zero-order valence-electron chi connectivity index (χ0n) is 21.5. The molecule has 3 aromatic rings. The van der Waals surface area contributed by atoms with Gasteiger partial charge in [-0.15, -0.1) is 11.8 Å². The average molecular weight is 525 g/mol. The van der Waals surface area contributed by atoms with Gasteiger partial charge in [-0.3, -0.25) is 9.78 Å². The van der Waals surface area contributed by atoms with Crippen LogP contribution in [0.4, 0.5) is 0 Å². The number of para-hydroxylation sites is 1. The van der Waals surface area contributed by atoms with Gasteiger partial charge in [-0.25, -0.2) is 0 Å². The first-order valence-electron chi connectivity index (χ1n) is 12.8. The van der Waals surface area contributed by atoms with Gasteiger partial charge in [-0.05, 0) is 92.4 Å². The molecule has 0 saturated carbocycles. The Bertz CT molecular complexity index is 1190. The highest BCUT2D eigenvalue weighted by Crippen LogP contribution is 2.34. The van der Waals surface area contributed by atoms with E-state index in [4.69, 9.17) is 9.47 Å². The fourth-order valence-electron chi connectivity index (χ4n) is 5.20. The summed E-state index contributed by atoms with van der Waals surface area (Å²) in [5.74, 6) is 1.45. The molecule has 0 bridgehead atoms. The van der Waals surface area contributed by atoms with Gasteiger partial charge in [0.25, 0.3) is 0 Å². The minimum atomic E-state index is -0.744. The smallest absolute Gasteiger partial charge is 0.308 e. The SMILES string of the molecule is COc1ccc2nccc([C@H](O)CC[C@@H]3CCN(CCCSc4ccccc4OC)C[C@@H]3C(=O)O)c2c1. The van der Waals surface area contributed by atoms with Gasteiger partial charge in [0, 0.05) is 23.0 Å². The van der Waals surface area contributed by atoms with Crippen molar-refractivity contribution in [3.63, 3.8) is 0 Å². The van der Waals surface area contributed by atoms with E-state index >= 15 is 0 Å². The number of pyridine rings is 1. The Labute approximate surface area is 222 Å². The van der Waals surface area contributed by atoms with Crippen LogP contribution in [0, 0.1) is 11.8 Å². The molecule has 4 rings (SSSR count). The van der Waals surface area contributed by atoms with Gasteiger partial charge in [0.2, 0.25) is 0 Å². The zero-order valence-corrected chi connectivity index (χ0v) is 22.3. The number of piperidine rings is 1. The lowest BCUT2D eigenvalue weighted by atomic mass is 9.81. The molecule has 0 spiro atoms. The fraction of sp³-hybridized carbons (Fsp3) is 0.448. The minimum absolute atomic E-state index is 0.0500. The number of rotatable bonds is 12. The van der Waals surface area contributed by atoms with Crippen molar-refractivity contribution in [1.29, 1.82) is 0 Å². The first-order chi connectivity index (χ1) is 18.0. The standard InChI is InChI=1S/C29H36N2O5S/c1-35-21-9-10-25-23(18-21)22(12-14-30-25)26(32)11-8-20-13-16-31(19-24(20)29(33)34)15-5-17-37-28-7-4-3-6-27(28)36-2/h3-4,6-7,9-10,12,14,18,20,24,26,32H,5,8,11,13,15-17,19H2,1-2H3,(H,33,34)/t20-,24+,26-/m1/s1. The predicted molar refractivity (Wildman–Crippen MR) is 146 cm³/mol. The summed E-state index contributed by atoms with van der Waals surface area (Å²) in [5, 5.41) is 21.8. The van der Waals surface area contributed by atoms with Crippen LogP contribution in [0.1, 0.15) is 37.4 Å². The van der Waals surface area contributed by atoms with Crippen molar-refractivity contribution in [2.75, 3.05) is 39.6 Å². The lowest BCUT2D eigenvalue weighted by Crippen LogP contribution is -2.44. The number of carboxylic acid groups (broad SMARTS) is 1. The van der Waals surface area contributed by atoms with Crippen molar-refractivity contribution < 1.29 is 24.5 Å². The molecule has 2 N–H and O–H groups in total. The zero-order chi connectivity index (χ0) is 26.2. The van der Waals surface area contributed by atoms with E-state index in [1.54, 1.807) is 32.2 Å². The van der Waals surface area contributed by atoms with E-state index in [9.17, 15) is 15.0 Å². The van der Waals surface area contributed by atoms with E-state index in [2.05, 4.69) is 16.0 Å². The third kappa shape index (κ3) is 6.94. The molecule has 0 unspecified atom stereocenters. The van der Waals surface area contributed by atoms with Gasteiger partial charge >= 0.3 is 5.97 Å². The normalized spacial score (nSPS) is 19.0. The maximum atomic E-state index is 12.1. The van der Waals surface area contributed by atoms with Crippen molar-refractivity contribution in [3.8, 4) is 11.5 Å². The Morgan fingerprint density at radius 2 is 2.03 bits per heavy atom. The minimum Gasteiger partial charge on any atom is -0.497 e. The Hall–Kier alpha value is -2.81. The molecule has 0 radical (unpaired) electrons. The number of benzene rings is 2. The highest BCUT2D eigenvalue weighted by atomic mass is 32.2. The second-order valence-corrected chi connectivity index (χ2v) is 10.7. The summed E-state index contributed by atoms with van der Waals surface area (Å²) < 4.78 is 10.8. The monoisotopic (exact) mass is 524 g/mol. The van der Waals surface area contributed by atoms with Crippen molar-refractivity contribution >= 4 is 28.6 Å². The van der Waals surface area contributed by atoms with E-state index in [1.807, 2.05) is 42.5 Å². The summed E-state index contributed by atoms with van der Waals surface area (Å²) in [6.07, 6.45) is 4.02. The Balaban J connectivity index is 1.29. The summed E-state index contributed by atoms with van der Waals surface area (Å²) >= 11 is 1.77. The number of hydrogen-bond acceptors (Lipinski definition) is 7. The lowest BCUT2D eigenvalue weighted by Gasteiger charge is -2.37. The van der Waals surface area contributed by atoms with Crippen LogP contribution in [0.15, 0.2) is 59.6 Å². The van der Waals surface area contributed by atoms with Gasteiger partial charge in [0.1, 0.15) is 11.5 Å². The summed E-state index contributed by atoms with van der Waals surface area (Å²) in [6, 6.07) is 15.5. The number of methoxy groups -OCH3 is 2. The number of thioether (sulfide) groups is 1. The second-order valence-electron chi connectivity index (χ2n) is 9.52. The van der Waals surface area contributed by atoms with Gasteiger partial charge < -0.3 is 24.6 Å². The Morgan fingerprint density at radius 3 is 2.81 bits per heavy atom. The van der Waals surface area contributed by atoms with Crippen LogP contribution in [0.2, 0.25) is 0 Å². The summed E-state index contributed by atoms with van der Waals surface area (Å²) in [5.41, 5.74) is 1.61. The van der Waals surface area contributed by atoms with E-state index in [0.29, 0.717) is 25.1 Å². The third-order valence-corrected chi connectivity index (χ3v) is 8.40. The van der Waals surface area contributed by atoms with E-state index in [0.717, 1.165) is 58.8 Å². The van der Waals surface area contributed by atoms with Gasteiger partial charge in [-0.2, -0.15) is 0 Å². The molecule has 1 saturated heterocycles. The first kappa shape index (κ1) is 27.2. The molecule has 2 heterocycles. The number of carboxylic acids is 1. The number of aromatic nitrogens is 1. The molecule has 37 heavy (non-hydrogen) atoms. The molecule has 2 aromatic carbocycles. The average Bonchev–Trinajstić information content (AvgIpc) is 2.93. The number of carbonyl (C=O) groups is 1. The van der Waals surface area contributed by atoms with Crippen LogP contribution in [-0.2, 0) is 4.79 Å². The van der Waals surface area contributed by atoms with E-state index in [1.165, 1.54) is 0 Å². The Kier molecular flexibility index (Phi) is 9.66. The summed E-state index contributed by atoms with van der Waals surface area (Å²) in [6.45, 7) is 2.33. The molecule has 1 fully saturated rings. The molecular weight excluding hydrogens is 488 g/mol. The molecule has 1 aromatic heterocycles. The molecular formula is C29H36N2O5S. The number of likely N-dealkylation sites (tertiary alicyclic amines) is 1. The number of aliphatic hydroxyl groups excluding tert-OH is 1. The Morgan fingerprint density at radius 1 is 1.19 bits per heavy atom. The van der Waals surface area contributed by atoms with Crippen LogP contribution < -0.4 is 9.47 Å². The van der Waals surface area contributed by atoms with Crippen molar-refractivity contribution in [2.45, 2.75) is 36.7 Å². The molecule has 1 aliphatic heterocycles. The maximum Gasteiger partial charge on any atom is 0.308 e. The number of hydrogen-bond donors (Lipinski definition) is 2. The number of fused-ring (bicyclic) bond motifs is 1. The van der Waals surface area contributed by atoms with Crippen LogP contribution in [0.5, 0.6) is 11.5 Å². The third-order valence-electron chi connectivity index (χ3n) is 7.25. The topological polar surface area (TPSA) is 92.1 Å². The first-order valence-corrected chi connectivity index (χ1v) is 13.8. The van der Waals surface area contributed by atoms with Crippen LogP contribution >= 0.6 is 11.8 Å². The van der Waals surface area contributed by atoms with E-state index < -0.39 is 18.0 Å². The van der Waals surface area contributed by atoms with Crippen molar-refractivity contribution in [1.82, 2.24) is 9.88 Å². The fourth-order valence-corrected chi connectivity index (χ4v) is 6.16. The number of ether oxygens (including phenoxy) is 2. The number of nitrogens with zero attached hydrogens (tertiary/aromatic N) is 2. The quantitative estimate of drug-likeness (QED) is 0.245. The van der Waals surface area contributed by atoms with Gasteiger partial charge in [-0.1, -0.05) is 12.1 Å². The highest BCUT2D eigenvalue weighted by Gasteiger charge is 2.34. The molecule has 198 valence electrons. The van der Waals surface area contributed by atoms with Crippen LogP contribution in [0.3, 0.4) is 0 Å². The van der Waals surface area contributed by atoms with Crippen molar-refractivity contribution in [3.05, 3.63) is 60.3 Å². The van der Waals surface area contributed by atoms with Gasteiger partial charge in [0.05, 0.1) is 31.8 Å². The maximum absolute atomic E-state index is 12.1. The molecule has 1 aliphatic rings. The lowest BCUT2D eigenvalue weighted by molar-refractivity contribution is -0.146. The predicted octanol–water partition coefficient (Wildman–Crippen LogP) is 5.27. The van der Waals surface area contributed by atoms with Crippen LogP contribution in [0.25, 0.3) is 10.9 Å².